The van der Waals surface area contributed by atoms with E-state index in [4.69, 9.17) is 0 Å². The van der Waals surface area contributed by atoms with Gasteiger partial charge in [0.2, 0.25) is 5.91 Å². The molecule has 1 amide bonds. The number of carbonyl (C=O) groups excluding carboxylic acids is 1. The van der Waals surface area contributed by atoms with Crippen LogP contribution in [0.1, 0.15) is 12.6 Å². The van der Waals surface area contributed by atoms with Gasteiger partial charge in [-0.25, -0.2) is 4.68 Å². The summed E-state index contributed by atoms with van der Waals surface area (Å²) < 4.78 is 1.45. The largest absolute Gasteiger partial charge is 0.411 e. The average molecular weight is 212 g/mol. The van der Waals surface area contributed by atoms with Crippen LogP contribution >= 0.6 is 0 Å². The van der Waals surface area contributed by atoms with Gasteiger partial charge in [0.1, 0.15) is 6.54 Å². The second-order valence-corrected chi connectivity index (χ2v) is 3.17. The van der Waals surface area contributed by atoms with E-state index in [1.165, 1.54) is 4.68 Å². The molecule has 0 saturated heterocycles. The third-order valence-electron chi connectivity index (χ3n) is 2.08. The molecular weight excluding hydrogens is 196 g/mol. The molecule has 0 radical (unpaired) electrons. The fourth-order valence-corrected chi connectivity index (χ4v) is 1.33. The van der Waals surface area contributed by atoms with Crippen LogP contribution in [-0.2, 0) is 11.3 Å². The van der Waals surface area contributed by atoms with Crippen molar-refractivity contribution in [3.63, 3.8) is 0 Å². The number of hydrogen-bond acceptors (Lipinski definition) is 3. The van der Waals surface area contributed by atoms with E-state index in [-0.39, 0.29) is 12.5 Å². The van der Waals surface area contributed by atoms with Gasteiger partial charge in [0, 0.05) is 25.4 Å². The molecule has 15 heavy (non-hydrogen) atoms. The predicted molar refractivity (Wildman–Crippen MR) is 54.5 cm³/mol. The molecular formula is C9H16N4O2. The van der Waals surface area contributed by atoms with Crippen molar-refractivity contribution in [2.24, 2.45) is 4.99 Å². The van der Waals surface area contributed by atoms with Crippen LogP contribution in [0.2, 0.25) is 0 Å². The van der Waals surface area contributed by atoms with Crippen LogP contribution in [0, 0.1) is 6.92 Å². The molecule has 1 rings (SSSR count). The summed E-state index contributed by atoms with van der Waals surface area (Å²) >= 11 is 0. The first-order chi connectivity index (χ1) is 7.10. The zero-order valence-corrected chi connectivity index (χ0v) is 9.19. The Hall–Kier alpha value is -1.72. The Kier molecular flexibility index (Phi) is 3.54. The van der Waals surface area contributed by atoms with Crippen LogP contribution in [0.15, 0.2) is 11.1 Å². The third kappa shape index (κ3) is 2.39. The minimum atomic E-state index is -0.137. The smallest absolute Gasteiger partial charge is 0.241 e. The molecule has 0 saturated carbocycles. The van der Waals surface area contributed by atoms with E-state index in [2.05, 4.69) is 10.3 Å². The summed E-state index contributed by atoms with van der Waals surface area (Å²) in [7, 11) is 1.58. The molecule has 0 aromatic carbocycles. The van der Waals surface area contributed by atoms with Gasteiger partial charge in [0.15, 0.2) is 5.49 Å². The lowest BCUT2D eigenvalue weighted by atomic mass is 10.4. The molecule has 6 nitrogen and oxygen atoms in total. The van der Waals surface area contributed by atoms with Gasteiger partial charge in [-0.3, -0.25) is 9.79 Å². The highest BCUT2D eigenvalue weighted by atomic mass is 16.5. The summed E-state index contributed by atoms with van der Waals surface area (Å²) in [6, 6.07) is 1.71. The second kappa shape index (κ2) is 4.68. The van der Waals surface area contributed by atoms with Gasteiger partial charge < -0.3 is 10.5 Å². The van der Waals surface area contributed by atoms with Gasteiger partial charge in [-0.05, 0) is 13.8 Å². The molecule has 1 aromatic heterocycles. The van der Waals surface area contributed by atoms with Crippen molar-refractivity contribution < 1.29 is 10.0 Å². The van der Waals surface area contributed by atoms with Crippen LogP contribution in [0.5, 0.6) is 0 Å². The van der Waals surface area contributed by atoms with Crippen LogP contribution in [0.4, 0.5) is 0 Å². The molecule has 84 valence electrons. The number of aromatic nitrogens is 2. The Bertz CT molecular complexity index is 416. The molecule has 0 aliphatic heterocycles. The molecule has 1 heterocycles. The molecule has 6 heteroatoms. The number of nitrogens with one attached hydrogen (secondary N) is 1. The van der Waals surface area contributed by atoms with Crippen molar-refractivity contribution >= 4 is 5.91 Å². The van der Waals surface area contributed by atoms with Crippen LogP contribution in [0.3, 0.4) is 0 Å². The van der Waals surface area contributed by atoms with E-state index < -0.39 is 0 Å². The average Bonchev–Trinajstić information content (AvgIpc) is 2.45. The Morgan fingerprint density at radius 1 is 1.67 bits per heavy atom. The quantitative estimate of drug-likeness (QED) is 0.663. The van der Waals surface area contributed by atoms with E-state index in [0.717, 1.165) is 10.5 Å². The van der Waals surface area contributed by atoms with Crippen molar-refractivity contribution in [3.8, 4) is 0 Å². The lowest BCUT2D eigenvalue weighted by Gasteiger charge is -2.08. The van der Waals surface area contributed by atoms with E-state index in [9.17, 15) is 10.0 Å². The fourth-order valence-electron chi connectivity index (χ4n) is 1.33. The van der Waals surface area contributed by atoms with Gasteiger partial charge in [0.05, 0.1) is 0 Å². The summed E-state index contributed by atoms with van der Waals surface area (Å²) in [6.45, 7) is 4.32. The first-order valence-corrected chi connectivity index (χ1v) is 4.78. The lowest BCUT2D eigenvalue weighted by Crippen LogP contribution is -2.31. The number of carbonyl (C=O) groups is 1. The number of likely N-dealkylation sites (N-methyl/N-ethyl adjacent to an activating group) is 1. The molecule has 0 bridgehead atoms. The first kappa shape index (κ1) is 11.4. The number of amides is 1. The predicted octanol–water partition coefficient (Wildman–Crippen LogP) is -0.498. The van der Waals surface area contributed by atoms with Crippen LogP contribution in [-0.4, -0.2) is 34.2 Å². The Morgan fingerprint density at radius 3 is 2.80 bits per heavy atom. The zero-order chi connectivity index (χ0) is 11.4. The Morgan fingerprint density at radius 2 is 2.33 bits per heavy atom. The second-order valence-electron chi connectivity index (χ2n) is 3.17. The summed E-state index contributed by atoms with van der Waals surface area (Å²) in [6.07, 6.45) is 0. The Labute approximate surface area is 87.8 Å². The van der Waals surface area contributed by atoms with Crippen molar-refractivity contribution in [3.05, 3.63) is 17.2 Å². The highest BCUT2D eigenvalue weighted by Crippen LogP contribution is 1.94. The van der Waals surface area contributed by atoms with E-state index in [0.29, 0.717) is 12.0 Å². The number of hydrogen-bond donors (Lipinski definition) is 2. The van der Waals surface area contributed by atoms with Gasteiger partial charge in [-0.1, -0.05) is 0 Å². The standard InChI is InChI=1S/C9H16N4O2/c1-4-11-9(14)6-12-7(2)5-8(10-3)13(12)15/h5,15H,4,6H2,1-3H3,(H,11,14). The highest BCUT2D eigenvalue weighted by Gasteiger charge is 2.08. The van der Waals surface area contributed by atoms with Gasteiger partial charge in [0.25, 0.3) is 0 Å². The summed E-state index contributed by atoms with van der Waals surface area (Å²) in [4.78, 5) is 16.1. The maximum Gasteiger partial charge on any atom is 0.241 e. The van der Waals surface area contributed by atoms with Crippen LogP contribution in [0.25, 0.3) is 0 Å². The lowest BCUT2D eigenvalue weighted by molar-refractivity contribution is -0.122. The maximum absolute atomic E-state index is 11.3. The third-order valence-corrected chi connectivity index (χ3v) is 2.08. The SMILES string of the molecule is CCNC(=O)Cn1c(C)cc(=NC)n1O. The van der Waals surface area contributed by atoms with Gasteiger partial charge >= 0.3 is 0 Å². The minimum absolute atomic E-state index is 0.0890. The summed E-state index contributed by atoms with van der Waals surface area (Å²) in [5, 5.41) is 12.3. The van der Waals surface area contributed by atoms with E-state index in [1.54, 1.807) is 20.0 Å². The molecule has 2 N–H and O–H groups in total. The molecule has 0 aliphatic rings. The van der Waals surface area contributed by atoms with Crippen molar-refractivity contribution in [1.29, 1.82) is 0 Å². The molecule has 0 atom stereocenters. The molecule has 0 unspecified atom stereocenters. The number of nitrogens with zero attached hydrogens (tertiary/aromatic N) is 3. The van der Waals surface area contributed by atoms with Crippen LogP contribution < -0.4 is 10.8 Å². The normalized spacial score (nSPS) is 11.8. The summed E-state index contributed by atoms with van der Waals surface area (Å²) in [5.41, 5.74) is 1.21. The van der Waals surface area contributed by atoms with Crippen molar-refractivity contribution in [2.75, 3.05) is 13.6 Å². The molecule has 0 fully saturated rings. The van der Waals surface area contributed by atoms with Crippen molar-refractivity contribution in [1.82, 2.24) is 14.8 Å². The van der Waals surface area contributed by atoms with E-state index in [1.807, 2.05) is 6.92 Å². The highest BCUT2D eigenvalue weighted by molar-refractivity contribution is 5.75. The monoisotopic (exact) mass is 212 g/mol. The molecule has 0 aliphatic carbocycles. The topological polar surface area (TPSA) is 71.5 Å². The Balaban J connectivity index is 2.95. The van der Waals surface area contributed by atoms with E-state index >= 15 is 0 Å². The van der Waals surface area contributed by atoms with Crippen molar-refractivity contribution in [2.45, 2.75) is 20.4 Å². The maximum atomic E-state index is 11.3. The molecule has 0 spiro atoms. The fraction of sp³-hybridized carbons (Fsp3) is 0.556. The summed E-state index contributed by atoms with van der Waals surface area (Å²) in [5.74, 6) is -0.137. The number of rotatable bonds is 3. The van der Waals surface area contributed by atoms with Gasteiger partial charge in [-0.2, -0.15) is 0 Å². The first-order valence-electron chi connectivity index (χ1n) is 4.78. The van der Waals surface area contributed by atoms with Gasteiger partial charge in [-0.15, -0.1) is 4.85 Å². The number of aryl methyl sites for hydroxylation is 1. The zero-order valence-electron chi connectivity index (χ0n) is 9.19. The minimum Gasteiger partial charge on any atom is -0.411 e. The molecule has 1 aromatic rings.